The van der Waals surface area contributed by atoms with Crippen LogP contribution in [0, 0.1) is 0 Å². The third-order valence-corrected chi connectivity index (χ3v) is 4.13. The molecule has 146 valence electrons. The molecule has 4 aromatic rings. The Bertz CT molecular complexity index is 1150. The molecule has 0 bridgehead atoms. The van der Waals surface area contributed by atoms with E-state index < -0.39 is 17.8 Å². The van der Waals surface area contributed by atoms with E-state index in [4.69, 9.17) is 0 Å². The molecule has 0 spiro atoms. The molecule has 2 N–H and O–H groups in total. The van der Waals surface area contributed by atoms with E-state index in [-0.39, 0.29) is 5.69 Å². The van der Waals surface area contributed by atoms with E-state index in [0.717, 1.165) is 11.6 Å². The van der Waals surface area contributed by atoms with Crippen LogP contribution in [-0.2, 0) is 6.18 Å². The van der Waals surface area contributed by atoms with Crippen molar-refractivity contribution in [2.24, 2.45) is 0 Å². The summed E-state index contributed by atoms with van der Waals surface area (Å²) in [6.07, 6.45) is 0.668. The molecule has 0 saturated carbocycles. The number of imidazole rings is 1. The Kier molecular flexibility index (Phi) is 4.63. The summed E-state index contributed by atoms with van der Waals surface area (Å²) in [6, 6.07) is 12.6. The number of nitrogens with zero attached hydrogens (tertiary/aromatic N) is 3. The standard InChI is InChI=1S/C20H14F3N5O/c21-20(22,23)15-7-1-2-8-16(15)27-19(29)25-14-6-3-5-13(11-14)17-12-28-10-4-9-24-18(28)26-17/h1-12H,(H2,25,27,29). The fourth-order valence-electron chi connectivity index (χ4n) is 2.85. The summed E-state index contributed by atoms with van der Waals surface area (Å²) in [4.78, 5) is 20.8. The minimum absolute atomic E-state index is 0.319. The number of nitrogens with one attached hydrogen (secondary N) is 2. The SMILES string of the molecule is O=C(Nc1cccc(-c2cn3cccnc3n2)c1)Nc1ccccc1C(F)(F)F. The predicted octanol–water partition coefficient (Wildman–Crippen LogP) is 5.06. The maximum atomic E-state index is 13.1. The van der Waals surface area contributed by atoms with Crippen LogP contribution >= 0.6 is 0 Å². The van der Waals surface area contributed by atoms with E-state index in [1.165, 1.54) is 18.2 Å². The number of carbonyl (C=O) groups is 1. The van der Waals surface area contributed by atoms with Crippen LogP contribution in [0.2, 0.25) is 0 Å². The van der Waals surface area contributed by atoms with Crippen LogP contribution in [0.4, 0.5) is 29.3 Å². The summed E-state index contributed by atoms with van der Waals surface area (Å²) in [5.74, 6) is 0.530. The van der Waals surface area contributed by atoms with Crippen LogP contribution in [0.25, 0.3) is 17.0 Å². The molecule has 0 aliphatic heterocycles. The molecule has 2 aromatic heterocycles. The summed E-state index contributed by atoms with van der Waals surface area (Å²) in [5, 5.41) is 4.79. The number of para-hydroxylation sites is 1. The van der Waals surface area contributed by atoms with Crippen molar-refractivity contribution in [3.8, 4) is 11.3 Å². The zero-order valence-electron chi connectivity index (χ0n) is 14.8. The van der Waals surface area contributed by atoms with Crippen LogP contribution in [0.5, 0.6) is 0 Å². The topological polar surface area (TPSA) is 71.3 Å². The molecule has 0 fully saturated rings. The lowest BCUT2D eigenvalue weighted by molar-refractivity contribution is -0.136. The molecular weight excluding hydrogens is 383 g/mol. The van der Waals surface area contributed by atoms with Gasteiger partial charge in [-0.1, -0.05) is 24.3 Å². The average Bonchev–Trinajstić information content (AvgIpc) is 3.12. The average molecular weight is 397 g/mol. The van der Waals surface area contributed by atoms with Crippen molar-refractivity contribution < 1.29 is 18.0 Å². The molecule has 0 radical (unpaired) electrons. The van der Waals surface area contributed by atoms with E-state index in [1.54, 1.807) is 41.1 Å². The zero-order valence-corrected chi connectivity index (χ0v) is 14.8. The molecule has 0 atom stereocenters. The highest BCUT2D eigenvalue weighted by Crippen LogP contribution is 2.34. The number of urea groups is 1. The lowest BCUT2D eigenvalue weighted by atomic mass is 10.1. The lowest BCUT2D eigenvalue weighted by Gasteiger charge is -2.14. The highest BCUT2D eigenvalue weighted by molar-refractivity contribution is 6.00. The zero-order chi connectivity index (χ0) is 20.4. The molecule has 29 heavy (non-hydrogen) atoms. The van der Waals surface area contributed by atoms with Gasteiger partial charge < -0.3 is 10.6 Å². The van der Waals surface area contributed by atoms with E-state index >= 15 is 0 Å². The number of benzene rings is 2. The highest BCUT2D eigenvalue weighted by Gasteiger charge is 2.33. The Labute approximate surface area is 163 Å². The smallest absolute Gasteiger partial charge is 0.308 e. The third kappa shape index (κ3) is 4.03. The Morgan fingerprint density at radius 3 is 2.62 bits per heavy atom. The number of alkyl halides is 3. The number of amides is 2. The first-order chi connectivity index (χ1) is 13.9. The lowest BCUT2D eigenvalue weighted by Crippen LogP contribution is -2.21. The number of aromatic nitrogens is 3. The first-order valence-electron chi connectivity index (χ1n) is 8.54. The number of hydrogen-bond acceptors (Lipinski definition) is 3. The molecule has 0 aliphatic rings. The van der Waals surface area contributed by atoms with E-state index in [1.807, 2.05) is 12.3 Å². The minimum Gasteiger partial charge on any atom is -0.308 e. The van der Waals surface area contributed by atoms with Crippen LogP contribution in [0.15, 0.2) is 73.2 Å². The number of rotatable bonds is 3. The van der Waals surface area contributed by atoms with Gasteiger partial charge >= 0.3 is 12.2 Å². The maximum absolute atomic E-state index is 13.1. The van der Waals surface area contributed by atoms with Gasteiger partial charge in [0.15, 0.2) is 0 Å². The summed E-state index contributed by atoms with van der Waals surface area (Å²) in [6.45, 7) is 0. The van der Waals surface area contributed by atoms with Crippen molar-refractivity contribution >= 4 is 23.2 Å². The van der Waals surface area contributed by atoms with Gasteiger partial charge in [0.1, 0.15) is 0 Å². The fourth-order valence-corrected chi connectivity index (χ4v) is 2.85. The fraction of sp³-hybridized carbons (Fsp3) is 0.0500. The van der Waals surface area contributed by atoms with Gasteiger partial charge in [0.25, 0.3) is 0 Å². The molecule has 0 aliphatic carbocycles. The van der Waals surface area contributed by atoms with Crippen molar-refractivity contribution in [2.75, 3.05) is 10.6 Å². The number of carbonyl (C=O) groups excluding carboxylic acids is 1. The Morgan fingerprint density at radius 2 is 1.83 bits per heavy atom. The number of fused-ring (bicyclic) bond motifs is 1. The Morgan fingerprint density at radius 1 is 1.00 bits per heavy atom. The second-order valence-corrected chi connectivity index (χ2v) is 6.16. The van der Waals surface area contributed by atoms with Crippen LogP contribution in [0.3, 0.4) is 0 Å². The monoisotopic (exact) mass is 397 g/mol. The predicted molar refractivity (Wildman–Crippen MR) is 103 cm³/mol. The summed E-state index contributed by atoms with van der Waals surface area (Å²) < 4.78 is 41.0. The van der Waals surface area contributed by atoms with Crippen molar-refractivity contribution in [1.82, 2.24) is 14.4 Å². The number of halogens is 3. The van der Waals surface area contributed by atoms with Gasteiger partial charge in [-0.3, -0.25) is 4.40 Å². The van der Waals surface area contributed by atoms with E-state index in [2.05, 4.69) is 20.6 Å². The van der Waals surface area contributed by atoms with Crippen molar-refractivity contribution in [3.05, 3.63) is 78.8 Å². The quantitative estimate of drug-likeness (QED) is 0.508. The van der Waals surface area contributed by atoms with Gasteiger partial charge in [0, 0.05) is 29.8 Å². The molecular formula is C20H14F3N5O. The van der Waals surface area contributed by atoms with Crippen LogP contribution < -0.4 is 10.6 Å². The molecule has 9 heteroatoms. The normalized spacial score (nSPS) is 11.4. The second-order valence-electron chi connectivity index (χ2n) is 6.16. The third-order valence-electron chi connectivity index (χ3n) is 4.13. The molecule has 2 heterocycles. The highest BCUT2D eigenvalue weighted by atomic mass is 19.4. The Hall–Kier alpha value is -3.88. The van der Waals surface area contributed by atoms with Gasteiger partial charge in [-0.05, 0) is 30.3 Å². The minimum atomic E-state index is -4.57. The number of anilines is 2. The maximum Gasteiger partial charge on any atom is 0.418 e. The van der Waals surface area contributed by atoms with Crippen molar-refractivity contribution in [1.29, 1.82) is 0 Å². The molecule has 6 nitrogen and oxygen atoms in total. The molecule has 2 amide bonds. The van der Waals surface area contributed by atoms with Crippen molar-refractivity contribution in [2.45, 2.75) is 6.18 Å². The van der Waals surface area contributed by atoms with E-state index in [0.29, 0.717) is 17.2 Å². The second kappa shape index (κ2) is 7.27. The Balaban J connectivity index is 1.53. The van der Waals surface area contributed by atoms with Gasteiger partial charge in [-0.2, -0.15) is 13.2 Å². The van der Waals surface area contributed by atoms with Gasteiger partial charge in [0.05, 0.1) is 16.9 Å². The number of hydrogen-bond donors (Lipinski definition) is 2. The first kappa shape index (κ1) is 18.5. The van der Waals surface area contributed by atoms with Gasteiger partial charge in [-0.25, -0.2) is 14.8 Å². The van der Waals surface area contributed by atoms with Crippen LogP contribution in [0.1, 0.15) is 5.56 Å². The van der Waals surface area contributed by atoms with Gasteiger partial charge in [0.2, 0.25) is 5.78 Å². The molecule has 4 rings (SSSR count). The summed E-state index contributed by atoms with van der Waals surface area (Å²) >= 11 is 0. The molecule has 2 aromatic carbocycles. The van der Waals surface area contributed by atoms with Crippen LogP contribution in [-0.4, -0.2) is 20.4 Å². The largest absolute Gasteiger partial charge is 0.418 e. The summed E-state index contributed by atoms with van der Waals surface area (Å²) in [7, 11) is 0. The molecule has 0 saturated heterocycles. The van der Waals surface area contributed by atoms with E-state index in [9.17, 15) is 18.0 Å². The first-order valence-corrected chi connectivity index (χ1v) is 8.54. The molecule has 0 unspecified atom stereocenters. The van der Waals surface area contributed by atoms with Crippen molar-refractivity contribution in [3.63, 3.8) is 0 Å². The summed E-state index contributed by atoms with van der Waals surface area (Å²) in [5.41, 5.74) is 0.551. The van der Waals surface area contributed by atoms with Gasteiger partial charge in [-0.15, -0.1) is 0 Å².